The second-order valence-corrected chi connectivity index (χ2v) is 9.87. The SMILES string of the molecule is C.CCN(CC)CC.CCOC(=O)CCN.CCOC(=O)CCNC(=O)c1ccc(NC)c([N+](=O)[O-])c1.CNc1ccc(C(=O)Cl)cc1[N+](=O)[O-]. The number of halogens is 1. The summed E-state index contributed by atoms with van der Waals surface area (Å²) in [5, 5.41) is 28.6. The molecule has 0 fully saturated rings. The Morgan fingerprint density at radius 3 is 1.51 bits per heavy atom. The lowest BCUT2D eigenvalue weighted by atomic mass is 10.1. The van der Waals surface area contributed by atoms with Gasteiger partial charge in [-0.3, -0.25) is 39.4 Å². The van der Waals surface area contributed by atoms with Crippen LogP contribution in [-0.2, 0) is 19.1 Å². The van der Waals surface area contributed by atoms with Crippen molar-refractivity contribution in [1.29, 1.82) is 0 Å². The molecule has 0 radical (unpaired) electrons. The normalized spacial score (nSPS) is 9.45. The number of nitro groups is 2. The quantitative estimate of drug-likeness (QED) is 0.0747. The van der Waals surface area contributed by atoms with Gasteiger partial charge in [0.05, 0.1) is 35.9 Å². The van der Waals surface area contributed by atoms with Crippen molar-refractivity contribution in [1.82, 2.24) is 10.2 Å². The number of nitrogens with one attached hydrogen (secondary N) is 3. The lowest BCUT2D eigenvalue weighted by molar-refractivity contribution is -0.384. The van der Waals surface area contributed by atoms with Crippen LogP contribution >= 0.6 is 11.6 Å². The lowest BCUT2D eigenvalue weighted by Crippen LogP contribution is -2.26. The Kier molecular flexibility index (Phi) is 29.7. The summed E-state index contributed by atoms with van der Waals surface area (Å²) in [6.45, 7) is 14.8. The molecule has 1 amide bonds. The first-order chi connectivity index (χ1) is 23.7. The zero-order valence-corrected chi connectivity index (χ0v) is 30.5. The van der Waals surface area contributed by atoms with Crippen molar-refractivity contribution in [3.05, 3.63) is 67.8 Å². The van der Waals surface area contributed by atoms with Crippen LogP contribution in [-0.4, -0.2) is 97.9 Å². The van der Waals surface area contributed by atoms with Crippen LogP contribution in [0.2, 0.25) is 0 Å². The molecule has 2 aromatic rings. The fourth-order valence-electron chi connectivity index (χ4n) is 3.69. The summed E-state index contributed by atoms with van der Waals surface area (Å²) < 4.78 is 9.29. The van der Waals surface area contributed by atoms with Crippen LogP contribution < -0.4 is 21.7 Å². The molecule has 0 aliphatic heterocycles. The molecule has 51 heavy (non-hydrogen) atoms. The van der Waals surface area contributed by atoms with Crippen LogP contribution in [0.3, 0.4) is 0 Å². The highest BCUT2D eigenvalue weighted by Crippen LogP contribution is 2.26. The number of ether oxygens (including phenoxy) is 2. The molecule has 0 aliphatic carbocycles. The first-order valence-electron chi connectivity index (χ1n) is 15.8. The van der Waals surface area contributed by atoms with E-state index < -0.39 is 27.0 Å². The molecular formula is C33H54ClN7O10. The molecule has 0 saturated carbocycles. The summed E-state index contributed by atoms with van der Waals surface area (Å²) in [6, 6.07) is 8.12. The predicted octanol–water partition coefficient (Wildman–Crippen LogP) is 5.22. The number of carbonyl (C=O) groups excluding carboxylic acids is 4. The molecule has 0 heterocycles. The molecule has 0 atom stereocenters. The fraction of sp³-hybridized carbons (Fsp3) is 0.515. The summed E-state index contributed by atoms with van der Waals surface area (Å²) in [6.07, 6.45) is 0.379. The average molecular weight is 744 g/mol. The van der Waals surface area contributed by atoms with Gasteiger partial charge in [0.1, 0.15) is 11.4 Å². The van der Waals surface area contributed by atoms with Gasteiger partial charge in [-0.25, -0.2) is 0 Å². The van der Waals surface area contributed by atoms with Crippen LogP contribution in [0.25, 0.3) is 0 Å². The molecule has 0 aromatic heterocycles. The molecule has 0 spiro atoms. The second kappa shape index (κ2) is 30.0. The van der Waals surface area contributed by atoms with Crippen LogP contribution in [0.4, 0.5) is 22.7 Å². The molecule has 0 saturated heterocycles. The van der Waals surface area contributed by atoms with E-state index in [-0.39, 0.29) is 55.5 Å². The summed E-state index contributed by atoms with van der Waals surface area (Å²) in [4.78, 5) is 66.8. The van der Waals surface area contributed by atoms with Crippen LogP contribution in [0.15, 0.2) is 36.4 Å². The Hall–Kier alpha value is -4.87. The number of nitrogens with two attached hydrogens (primary N) is 1. The van der Waals surface area contributed by atoms with Crippen LogP contribution in [0.5, 0.6) is 0 Å². The van der Waals surface area contributed by atoms with Crippen molar-refractivity contribution >= 4 is 57.4 Å². The van der Waals surface area contributed by atoms with Crippen LogP contribution in [0.1, 0.15) is 75.6 Å². The standard InChI is InChI=1S/C13H17N3O5.C8H7ClN2O3.C6H15N.C5H11NO2.CH4/c1-3-21-12(17)6-7-15-13(18)9-4-5-10(14-2)11(8-9)16(19)20;1-10-6-3-2-5(8(9)12)4-7(6)11(13)14;1-4-7(5-2)6-3;1-2-8-5(7)3-4-6;/h4-5,8,14H,3,6-7H2,1-2H3,(H,15,18);2-4,10H,1H3;4-6H2,1-3H3;2-4,6H2,1H3;1H4. The van der Waals surface area contributed by atoms with Crippen molar-refractivity contribution in [3.63, 3.8) is 0 Å². The number of benzene rings is 2. The molecule has 0 aliphatic rings. The molecule has 17 nitrogen and oxygen atoms in total. The van der Waals surface area contributed by atoms with E-state index in [1.165, 1.54) is 50.0 Å². The van der Waals surface area contributed by atoms with Crippen molar-refractivity contribution in [2.75, 3.05) is 70.7 Å². The van der Waals surface area contributed by atoms with Gasteiger partial charge in [-0.1, -0.05) is 28.2 Å². The summed E-state index contributed by atoms with van der Waals surface area (Å²) in [5.74, 6) is -1.10. The third-order valence-corrected chi connectivity index (χ3v) is 6.55. The molecule has 0 unspecified atom stereocenters. The van der Waals surface area contributed by atoms with Crippen molar-refractivity contribution in [2.24, 2.45) is 5.73 Å². The molecule has 0 bridgehead atoms. The Balaban J connectivity index is -0.000000661. The van der Waals surface area contributed by atoms with Crippen molar-refractivity contribution in [3.8, 4) is 0 Å². The van der Waals surface area contributed by atoms with E-state index in [9.17, 15) is 39.4 Å². The van der Waals surface area contributed by atoms with Gasteiger partial charge in [0.2, 0.25) is 0 Å². The van der Waals surface area contributed by atoms with Gasteiger partial charge in [0.25, 0.3) is 22.5 Å². The Bertz CT molecular complexity index is 1360. The number of esters is 2. The highest BCUT2D eigenvalue weighted by molar-refractivity contribution is 6.67. The monoisotopic (exact) mass is 743 g/mol. The average Bonchev–Trinajstić information content (AvgIpc) is 3.09. The van der Waals surface area contributed by atoms with E-state index in [0.29, 0.717) is 30.9 Å². The molecular weight excluding hydrogens is 690 g/mol. The topological polar surface area (TPSA) is 238 Å². The highest BCUT2D eigenvalue weighted by Gasteiger charge is 2.17. The van der Waals surface area contributed by atoms with Gasteiger partial charge in [0, 0.05) is 50.4 Å². The number of anilines is 2. The summed E-state index contributed by atoms with van der Waals surface area (Å²) in [5.41, 5.74) is 5.64. The highest BCUT2D eigenvalue weighted by atomic mass is 35.5. The molecule has 288 valence electrons. The number of amides is 1. The van der Waals surface area contributed by atoms with Gasteiger partial charge >= 0.3 is 11.9 Å². The van der Waals surface area contributed by atoms with E-state index in [2.05, 4.69) is 46.4 Å². The second-order valence-electron chi connectivity index (χ2n) is 9.53. The van der Waals surface area contributed by atoms with E-state index >= 15 is 0 Å². The van der Waals surface area contributed by atoms with Crippen molar-refractivity contribution < 1.29 is 38.5 Å². The number of carbonyl (C=O) groups is 4. The first kappa shape index (κ1) is 50.5. The van der Waals surface area contributed by atoms with Gasteiger partial charge in [-0.15, -0.1) is 0 Å². The van der Waals surface area contributed by atoms with E-state index in [1.807, 2.05) is 0 Å². The Labute approximate surface area is 304 Å². The van der Waals surface area contributed by atoms with Gasteiger partial charge in [-0.2, -0.15) is 0 Å². The lowest BCUT2D eigenvalue weighted by Gasteiger charge is -2.13. The van der Waals surface area contributed by atoms with Crippen LogP contribution in [0, 0.1) is 20.2 Å². The summed E-state index contributed by atoms with van der Waals surface area (Å²) >= 11 is 5.19. The van der Waals surface area contributed by atoms with E-state index in [1.54, 1.807) is 27.9 Å². The predicted molar refractivity (Wildman–Crippen MR) is 200 cm³/mol. The van der Waals surface area contributed by atoms with E-state index in [0.717, 1.165) is 6.07 Å². The van der Waals surface area contributed by atoms with E-state index in [4.69, 9.17) is 22.1 Å². The maximum atomic E-state index is 11.9. The minimum absolute atomic E-state index is 0. The van der Waals surface area contributed by atoms with Crippen molar-refractivity contribution in [2.45, 2.75) is 54.9 Å². The molecule has 2 aromatic carbocycles. The minimum atomic E-state index is -0.712. The largest absolute Gasteiger partial charge is 0.466 e. The minimum Gasteiger partial charge on any atom is -0.466 e. The summed E-state index contributed by atoms with van der Waals surface area (Å²) in [7, 11) is 3.12. The first-order valence-corrected chi connectivity index (χ1v) is 16.2. The zero-order chi connectivity index (χ0) is 38.6. The van der Waals surface area contributed by atoms with Gasteiger partial charge in [0.15, 0.2) is 0 Å². The zero-order valence-electron chi connectivity index (χ0n) is 29.7. The van der Waals surface area contributed by atoms with Gasteiger partial charge in [-0.05, 0) is 69.3 Å². The molecule has 18 heteroatoms. The maximum Gasteiger partial charge on any atom is 0.307 e. The maximum absolute atomic E-state index is 11.9. The number of nitro benzene ring substituents is 2. The molecule has 2 rings (SSSR count). The number of nitrogens with zero attached hydrogens (tertiary/aromatic N) is 3. The third kappa shape index (κ3) is 21.7. The number of rotatable bonds is 16. The van der Waals surface area contributed by atoms with Gasteiger partial charge < -0.3 is 36.1 Å². The Morgan fingerprint density at radius 1 is 0.765 bits per heavy atom. The smallest absolute Gasteiger partial charge is 0.307 e. The number of hydrogen-bond acceptors (Lipinski definition) is 14. The number of hydrogen-bond donors (Lipinski definition) is 4. The molecule has 5 N–H and O–H groups in total. The fourth-order valence-corrected chi connectivity index (χ4v) is 3.80. The Morgan fingerprint density at radius 2 is 1.18 bits per heavy atom. The third-order valence-electron chi connectivity index (χ3n) is 6.33.